The molecule has 0 radical (unpaired) electrons. The van der Waals surface area contributed by atoms with Crippen LogP contribution in [0.2, 0.25) is 5.02 Å². The topological polar surface area (TPSA) is 118 Å². The first-order chi connectivity index (χ1) is 7.73. The lowest BCUT2D eigenvalue weighted by Crippen LogP contribution is -2.35. The van der Waals surface area contributed by atoms with E-state index in [0.29, 0.717) is 0 Å². The fourth-order valence-electron chi connectivity index (χ4n) is 1.46. The average Bonchev–Trinajstić information content (AvgIpc) is 2.14. The molecule has 0 amide bonds. The van der Waals surface area contributed by atoms with Gasteiger partial charge in [-0.15, -0.1) is 0 Å². The molecule has 7 nitrogen and oxygen atoms in total. The Morgan fingerprint density at radius 2 is 2.00 bits per heavy atom. The molecule has 0 fully saturated rings. The summed E-state index contributed by atoms with van der Waals surface area (Å²) in [5, 5.41) is 7.25. The molecule has 0 saturated carbocycles. The van der Waals surface area contributed by atoms with Crippen molar-refractivity contribution in [1.29, 1.82) is 0 Å². The van der Waals surface area contributed by atoms with E-state index in [1.165, 1.54) is 6.07 Å². The van der Waals surface area contributed by atoms with Gasteiger partial charge in [-0.2, -0.15) is 4.72 Å². The summed E-state index contributed by atoms with van der Waals surface area (Å²) in [7, 11) is -7.89. The second kappa shape index (κ2) is 3.82. The average molecular weight is 298 g/mol. The zero-order valence-corrected chi connectivity index (χ0v) is 10.7. The van der Waals surface area contributed by atoms with Gasteiger partial charge in [0.1, 0.15) is 9.79 Å². The highest BCUT2D eigenvalue weighted by atomic mass is 35.5. The van der Waals surface area contributed by atoms with Crippen molar-refractivity contribution in [2.24, 2.45) is 5.14 Å². The monoisotopic (exact) mass is 297 g/mol. The molecule has 1 aliphatic heterocycles. The molecular weight excluding hydrogens is 290 g/mol. The van der Waals surface area contributed by atoms with Crippen molar-refractivity contribution in [3.05, 3.63) is 17.2 Å². The normalized spacial score (nSPS) is 18.2. The molecule has 2 rings (SSSR count). The summed E-state index contributed by atoms with van der Waals surface area (Å²) in [6, 6.07) is 2.46. The van der Waals surface area contributed by atoms with Crippen molar-refractivity contribution < 1.29 is 16.8 Å². The van der Waals surface area contributed by atoms with Crippen molar-refractivity contribution in [2.75, 3.05) is 12.0 Å². The Balaban J connectivity index is 2.84. The molecule has 0 aliphatic carbocycles. The van der Waals surface area contributed by atoms with Crippen LogP contribution in [0.5, 0.6) is 0 Å². The number of hydrogen-bond donors (Lipinski definition) is 3. The number of fused-ring (bicyclic) bond motifs is 1. The van der Waals surface area contributed by atoms with E-state index in [9.17, 15) is 16.8 Å². The number of hydrogen-bond acceptors (Lipinski definition) is 5. The molecule has 1 heterocycles. The zero-order valence-electron chi connectivity index (χ0n) is 8.27. The predicted molar refractivity (Wildman–Crippen MR) is 61.6 cm³/mol. The number of nitrogens with one attached hydrogen (secondary N) is 2. The van der Waals surface area contributed by atoms with Crippen molar-refractivity contribution >= 4 is 37.3 Å². The van der Waals surface area contributed by atoms with Gasteiger partial charge in [0.15, 0.2) is 0 Å². The van der Waals surface area contributed by atoms with E-state index >= 15 is 0 Å². The molecule has 17 heavy (non-hydrogen) atoms. The highest BCUT2D eigenvalue weighted by molar-refractivity contribution is 7.90. The first kappa shape index (κ1) is 12.6. The second-order valence-corrected chi connectivity index (χ2v) is 6.91. The highest BCUT2D eigenvalue weighted by Crippen LogP contribution is 2.35. The maximum absolute atomic E-state index is 11.7. The first-order valence-corrected chi connectivity index (χ1v) is 7.73. The lowest BCUT2D eigenvalue weighted by Gasteiger charge is -2.21. The molecule has 0 saturated heterocycles. The predicted octanol–water partition coefficient (Wildman–Crippen LogP) is -0.351. The van der Waals surface area contributed by atoms with Crippen molar-refractivity contribution in [2.45, 2.75) is 9.79 Å². The van der Waals surface area contributed by atoms with E-state index in [-0.39, 0.29) is 17.3 Å². The Morgan fingerprint density at radius 3 is 2.59 bits per heavy atom. The van der Waals surface area contributed by atoms with Gasteiger partial charge in [0.05, 0.1) is 17.4 Å². The van der Waals surface area contributed by atoms with E-state index in [1.54, 1.807) is 0 Å². The Kier molecular flexibility index (Phi) is 2.83. The number of rotatable bonds is 1. The largest absolute Gasteiger partial charge is 0.370 e. The van der Waals surface area contributed by atoms with Crippen LogP contribution in [0.25, 0.3) is 0 Å². The van der Waals surface area contributed by atoms with Crippen molar-refractivity contribution in [1.82, 2.24) is 4.72 Å². The Morgan fingerprint density at radius 1 is 1.35 bits per heavy atom. The van der Waals surface area contributed by atoms with Gasteiger partial charge in [0, 0.05) is 0 Å². The van der Waals surface area contributed by atoms with Crippen LogP contribution in [0.3, 0.4) is 0 Å². The Bertz CT molecular complexity index is 683. The van der Waals surface area contributed by atoms with E-state index in [1.807, 2.05) is 0 Å². The molecule has 1 aliphatic rings. The van der Waals surface area contributed by atoms with E-state index < -0.39 is 30.0 Å². The number of nitrogens with two attached hydrogens (primary N) is 1. The third kappa shape index (κ3) is 2.11. The maximum Gasteiger partial charge on any atom is 0.245 e. The lowest BCUT2D eigenvalue weighted by molar-refractivity contribution is 0.581. The number of halogens is 1. The smallest absolute Gasteiger partial charge is 0.245 e. The summed E-state index contributed by atoms with van der Waals surface area (Å²) < 4.78 is 48.0. The standard InChI is InChI=1S/C7H8ClN3O4S2/c8-6-5(16(9,12)13)2-1-4-7(6)17(14,15)11-3-10-4/h1-2,10-11H,3H2,(H2,9,12,13). The summed E-state index contributed by atoms with van der Waals surface area (Å²) in [5.41, 5.74) is 0.237. The third-order valence-corrected chi connectivity index (χ3v) is 5.23. The van der Waals surface area contributed by atoms with Crippen molar-refractivity contribution in [3.63, 3.8) is 0 Å². The summed E-state index contributed by atoms with van der Waals surface area (Å²) in [4.78, 5) is -0.732. The quantitative estimate of drug-likeness (QED) is 0.654. The van der Waals surface area contributed by atoms with E-state index in [4.69, 9.17) is 16.7 Å². The number of benzene rings is 1. The van der Waals surface area contributed by atoms with E-state index in [0.717, 1.165) is 6.07 Å². The minimum absolute atomic E-state index is 0.0143. The van der Waals surface area contributed by atoms with Crippen LogP contribution < -0.4 is 15.2 Å². The Hall–Kier alpha value is -0.870. The molecule has 1 aromatic carbocycles. The van der Waals surface area contributed by atoms with Crippen LogP contribution in [0, 0.1) is 0 Å². The number of anilines is 1. The molecular formula is C7H8ClN3O4S2. The maximum atomic E-state index is 11.7. The number of primary sulfonamides is 1. The SMILES string of the molecule is NS(=O)(=O)c1ccc2c(c1Cl)S(=O)(=O)NCN2. The molecule has 1 aromatic rings. The molecule has 0 atom stereocenters. The minimum atomic E-state index is -4.07. The fraction of sp³-hybridized carbons (Fsp3) is 0.143. The lowest BCUT2D eigenvalue weighted by atomic mass is 10.3. The first-order valence-electron chi connectivity index (χ1n) is 4.32. The Labute approximate surface area is 103 Å². The molecule has 94 valence electrons. The van der Waals surface area contributed by atoms with Gasteiger partial charge in [-0.25, -0.2) is 22.0 Å². The van der Waals surface area contributed by atoms with Gasteiger partial charge in [-0.1, -0.05) is 11.6 Å². The fourth-order valence-corrected chi connectivity index (χ4v) is 4.11. The van der Waals surface area contributed by atoms with Crippen LogP contribution in [-0.2, 0) is 20.0 Å². The molecule has 0 bridgehead atoms. The van der Waals surface area contributed by atoms with Crippen LogP contribution in [-0.4, -0.2) is 23.5 Å². The summed E-state index contributed by atoms with van der Waals surface area (Å²) >= 11 is 5.78. The van der Waals surface area contributed by atoms with Gasteiger partial charge < -0.3 is 5.32 Å². The van der Waals surface area contributed by atoms with Crippen molar-refractivity contribution in [3.8, 4) is 0 Å². The van der Waals surface area contributed by atoms with E-state index in [2.05, 4.69) is 10.0 Å². The van der Waals surface area contributed by atoms with Gasteiger partial charge in [0.2, 0.25) is 20.0 Å². The number of sulfonamides is 2. The highest BCUT2D eigenvalue weighted by Gasteiger charge is 2.29. The molecule has 10 heteroatoms. The molecule has 0 aromatic heterocycles. The van der Waals surface area contributed by atoms with Gasteiger partial charge in [-0.05, 0) is 12.1 Å². The van der Waals surface area contributed by atoms with Gasteiger partial charge in [-0.3, -0.25) is 0 Å². The summed E-state index contributed by atoms with van der Waals surface area (Å²) in [6.45, 7) is 0.0143. The summed E-state index contributed by atoms with van der Waals surface area (Å²) in [5.74, 6) is 0. The summed E-state index contributed by atoms with van der Waals surface area (Å²) in [6.07, 6.45) is 0. The molecule has 4 N–H and O–H groups in total. The minimum Gasteiger partial charge on any atom is -0.370 e. The van der Waals surface area contributed by atoms with Crippen LogP contribution >= 0.6 is 11.6 Å². The molecule has 0 spiro atoms. The third-order valence-electron chi connectivity index (χ3n) is 2.18. The van der Waals surface area contributed by atoms with Gasteiger partial charge in [0.25, 0.3) is 0 Å². The van der Waals surface area contributed by atoms with Crippen LogP contribution in [0.15, 0.2) is 21.9 Å². The molecule has 0 unspecified atom stereocenters. The van der Waals surface area contributed by atoms with Crippen LogP contribution in [0.1, 0.15) is 0 Å². The second-order valence-electron chi connectivity index (χ2n) is 3.30. The van der Waals surface area contributed by atoms with Crippen LogP contribution in [0.4, 0.5) is 5.69 Å². The zero-order chi connectivity index (χ0) is 12.8. The van der Waals surface area contributed by atoms with Gasteiger partial charge >= 0.3 is 0 Å².